The number of anilines is 1. The molecule has 0 aromatic carbocycles. The summed E-state index contributed by atoms with van der Waals surface area (Å²) in [5.41, 5.74) is 10.3. The molecule has 1 fully saturated rings. The van der Waals surface area contributed by atoms with Crippen LogP contribution in [0.1, 0.15) is 32.6 Å². The molecule has 6 nitrogen and oxygen atoms in total. The number of nitrogens with zero attached hydrogens (tertiary/aromatic N) is 5. The SMILES string of the molecule is C=C=C(Nc1cnc2c(c1)C(c1ccc3nccn3n1)=CC2)C1CCN(C)CC1.[HH].[HH]. The van der Waals surface area contributed by atoms with E-state index in [0.29, 0.717) is 5.92 Å². The fourth-order valence-corrected chi connectivity index (χ4v) is 4.21. The Hall–Kier alpha value is -3.21. The molecule has 0 spiro atoms. The van der Waals surface area contributed by atoms with Crippen molar-refractivity contribution >= 4 is 16.9 Å². The first kappa shape index (κ1) is 17.9. The number of hydrogen-bond acceptors (Lipinski definition) is 5. The van der Waals surface area contributed by atoms with Crippen LogP contribution in [0.2, 0.25) is 0 Å². The summed E-state index contributed by atoms with van der Waals surface area (Å²) in [6, 6.07) is 6.19. The van der Waals surface area contributed by atoms with Crippen molar-refractivity contribution in [1.29, 1.82) is 0 Å². The number of piperidine rings is 1. The summed E-state index contributed by atoms with van der Waals surface area (Å²) in [6.45, 7) is 6.13. The zero-order chi connectivity index (χ0) is 19.8. The number of likely N-dealkylation sites (tertiary alicyclic amines) is 1. The normalized spacial score (nSPS) is 17.1. The second kappa shape index (κ2) is 7.32. The fourth-order valence-electron chi connectivity index (χ4n) is 4.21. The molecule has 3 aromatic rings. The van der Waals surface area contributed by atoms with Gasteiger partial charge in [-0.2, -0.15) is 5.10 Å². The highest BCUT2D eigenvalue weighted by molar-refractivity contribution is 5.83. The minimum Gasteiger partial charge on any atom is -0.351 e. The largest absolute Gasteiger partial charge is 0.351 e. The third kappa shape index (κ3) is 3.37. The van der Waals surface area contributed by atoms with Gasteiger partial charge < -0.3 is 10.2 Å². The highest BCUT2D eigenvalue weighted by Crippen LogP contribution is 2.33. The molecule has 29 heavy (non-hydrogen) atoms. The summed E-state index contributed by atoms with van der Waals surface area (Å²) in [4.78, 5) is 11.3. The molecule has 6 heteroatoms. The Labute approximate surface area is 173 Å². The van der Waals surface area contributed by atoms with Gasteiger partial charge in [0.25, 0.3) is 0 Å². The van der Waals surface area contributed by atoms with Crippen LogP contribution < -0.4 is 5.32 Å². The maximum atomic E-state index is 4.71. The lowest BCUT2D eigenvalue weighted by molar-refractivity contribution is 0.239. The van der Waals surface area contributed by atoms with Crippen molar-refractivity contribution in [1.82, 2.24) is 24.5 Å². The molecule has 0 atom stereocenters. The number of aromatic nitrogens is 4. The van der Waals surface area contributed by atoms with E-state index in [4.69, 9.17) is 10.1 Å². The van der Waals surface area contributed by atoms with Gasteiger partial charge in [-0.25, -0.2) is 9.50 Å². The summed E-state index contributed by atoms with van der Waals surface area (Å²) >= 11 is 0. The van der Waals surface area contributed by atoms with E-state index in [1.807, 2.05) is 29.0 Å². The Morgan fingerprint density at radius 2 is 2.14 bits per heavy atom. The lowest BCUT2D eigenvalue weighted by atomic mass is 9.93. The molecule has 0 saturated carbocycles. The van der Waals surface area contributed by atoms with Crippen LogP contribution in [0.25, 0.3) is 11.2 Å². The number of imidazole rings is 1. The summed E-state index contributed by atoms with van der Waals surface area (Å²) in [5, 5.41) is 8.25. The van der Waals surface area contributed by atoms with Crippen molar-refractivity contribution in [3.05, 3.63) is 77.8 Å². The molecule has 0 bridgehead atoms. The van der Waals surface area contributed by atoms with Crippen molar-refractivity contribution in [2.45, 2.75) is 19.3 Å². The Morgan fingerprint density at radius 3 is 2.97 bits per heavy atom. The zero-order valence-electron chi connectivity index (χ0n) is 16.6. The van der Waals surface area contributed by atoms with Crippen molar-refractivity contribution in [3.63, 3.8) is 0 Å². The van der Waals surface area contributed by atoms with E-state index in [1.165, 1.54) is 0 Å². The van der Waals surface area contributed by atoms with Gasteiger partial charge in [0, 0.05) is 38.7 Å². The molecule has 1 N–H and O–H groups in total. The second-order valence-corrected chi connectivity index (χ2v) is 7.78. The molecule has 0 radical (unpaired) electrons. The smallest absolute Gasteiger partial charge is 0.153 e. The van der Waals surface area contributed by atoms with Gasteiger partial charge >= 0.3 is 0 Å². The highest BCUT2D eigenvalue weighted by Gasteiger charge is 2.22. The average Bonchev–Trinajstić information content (AvgIpc) is 3.38. The van der Waals surface area contributed by atoms with Crippen LogP contribution >= 0.6 is 0 Å². The monoisotopic (exact) mass is 388 g/mol. The van der Waals surface area contributed by atoms with E-state index in [2.05, 4.69) is 46.7 Å². The number of allylic oxidation sites excluding steroid dienone is 2. The number of fused-ring (bicyclic) bond motifs is 2. The van der Waals surface area contributed by atoms with Gasteiger partial charge in [-0.15, -0.1) is 5.73 Å². The van der Waals surface area contributed by atoms with E-state index in [9.17, 15) is 0 Å². The van der Waals surface area contributed by atoms with E-state index >= 15 is 0 Å². The molecule has 5 rings (SSSR count). The predicted octanol–water partition coefficient (Wildman–Crippen LogP) is 4.03. The van der Waals surface area contributed by atoms with Crippen LogP contribution in [-0.4, -0.2) is 44.6 Å². The van der Waals surface area contributed by atoms with Gasteiger partial charge in [0.2, 0.25) is 0 Å². The average molecular weight is 389 g/mol. The van der Waals surface area contributed by atoms with Crippen LogP contribution in [0.4, 0.5) is 5.69 Å². The van der Waals surface area contributed by atoms with Crippen molar-refractivity contribution in [2.75, 3.05) is 25.5 Å². The van der Waals surface area contributed by atoms with Gasteiger partial charge in [0.05, 0.1) is 29.0 Å². The second-order valence-electron chi connectivity index (χ2n) is 7.78. The van der Waals surface area contributed by atoms with Crippen LogP contribution in [0.3, 0.4) is 0 Å². The number of pyridine rings is 1. The van der Waals surface area contributed by atoms with Crippen LogP contribution in [0.15, 0.2) is 60.9 Å². The van der Waals surface area contributed by atoms with Gasteiger partial charge in [0.1, 0.15) is 0 Å². The third-order valence-corrected chi connectivity index (χ3v) is 5.89. The molecule has 1 aliphatic carbocycles. The van der Waals surface area contributed by atoms with Gasteiger partial charge in [-0.3, -0.25) is 4.98 Å². The molecule has 2 aliphatic rings. The Kier molecular flexibility index (Phi) is 4.51. The minimum atomic E-state index is 0. The Balaban J connectivity index is 0.00000136. The minimum absolute atomic E-state index is 0. The third-order valence-electron chi connectivity index (χ3n) is 5.89. The first-order valence-electron chi connectivity index (χ1n) is 10.1. The molecular weight excluding hydrogens is 360 g/mol. The molecule has 150 valence electrons. The predicted molar refractivity (Wildman–Crippen MR) is 119 cm³/mol. The molecule has 4 heterocycles. The van der Waals surface area contributed by atoms with Crippen molar-refractivity contribution in [3.8, 4) is 0 Å². The first-order valence-corrected chi connectivity index (χ1v) is 10.1. The van der Waals surface area contributed by atoms with Gasteiger partial charge in [-0.05, 0) is 51.2 Å². The van der Waals surface area contributed by atoms with Crippen molar-refractivity contribution < 1.29 is 2.85 Å². The standard InChI is InChI=1S/C23H24N6.2H2/c1-3-20(16-8-11-28(2)12-9-16)26-17-14-19-18(4-5-21(19)25-15-17)22-6-7-23-24-10-13-29(23)27-22;;/h4,6-7,10,13-16,26H,1,5,8-9,11-12H2,2H3;2*1H. The number of hydrogen-bond donors (Lipinski definition) is 1. The van der Waals surface area contributed by atoms with Crippen molar-refractivity contribution in [2.24, 2.45) is 5.92 Å². The fraction of sp³-hybridized carbons (Fsp3) is 0.304. The molecule has 1 saturated heterocycles. The lowest BCUT2D eigenvalue weighted by Gasteiger charge is -2.30. The topological polar surface area (TPSA) is 58.4 Å². The Morgan fingerprint density at radius 1 is 1.28 bits per heavy atom. The molecule has 3 aromatic heterocycles. The van der Waals surface area contributed by atoms with Crippen LogP contribution in [0, 0.1) is 5.92 Å². The summed E-state index contributed by atoms with van der Waals surface area (Å²) in [7, 11) is 2.18. The zero-order valence-corrected chi connectivity index (χ0v) is 16.6. The molecule has 0 unspecified atom stereocenters. The van der Waals surface area contributed by atoms with E-state index in [1.54, 1.807) is 6.20 Å². The van der Waals surface area contributed by atoms with E-state index < -0.39 is 0 Å². The quantitative estimate of drug-likeness (QED) is 0.684. The Bertz CT molecular complexity index is 1150. The van der Waals surface area contributed by atoms with Gasteiger partial charge in [-0.1, -0.05) is 12.7 Å². The van der Waals surface area contributed by atoms with Gasteiger partial charge in [0.15, 0.2) is 5.65 Å². The molecule has 1 aliphatic heterocycles. The van der Waals surface area contributed by atoms with Crippen LogP contribution in [0.5, 0.6) is 0 Å². The number of rotatable bonds is 4. The summed E-state index contributed by atoms with van der Waals surface area (Å²) < 4.78 is 1.81. The molecular formula is C23H28N6. The maximum Gasteiger partial charge on any atom is 0.153 e. The highest BCUT2D eigenvalue weighted by atomic mass is 15.2. The van der Waals surface area contributed by atoms with E-state index in [0.717, 1.165) is 71.9 Å². The van der Waals surface area contributed by atoms with E-state index in [-0.39, 0.29) is 2.85 Å². The van der Waals surface area contributed by atoms with Crippen LogP contribution in [-0.2, 0) is 6.42 Å². The first-order chi connectivity index (χ1) is 14.2. The summed E-state index contributed by atoms with van der Waals surface area (Å²) in [6.07, 6.45) is 10.8. The lowest BCUT2D eigenvalue weighted by Crippen LogP contribution is -2.32. The molecule has 0 amide bonds. The number of nitrogens with one attached hydrogen (secondary N) is 1. The summed E-state index contributed by atoms with van der Waals surface area (Å²) in [5.74, 6) is 0.470. The maximum absolute atomic E-state index is 4.71.